The van der Waals surface area contributed by atoms with Gasteiger partial charge in [0.15, 0.2) is 0 Å². The molecule has 0 aliphatic carbocycles. The molecule has 1 fully saturated rings. The van der Waals surface area contributed by atoms with Gasteiger partial charge in [-0.05, 0) is 49.9 Å². The number of rotatable bonds is 4. The lowest BCUT2D eigenvalue weighted by atomic mass is 9.88. The summed E-state index contributed by atoms with van der Waals surface area (Å²) in [5.41, 5.74) is 2.96. The lowest BCUT2D eigenvalue weighted by Crippen LogP contribution is -2.52. The molecular formula is C13H18ClFN2O. The summed E-state index contributed by atoms with van der Waals surface area (Å²) in [5, 5.41) is 0.527. The Bertz CT molecular complexity index is 421. The Kier molecular flexibility index (Phi) is 4.22. The summed E-state index contributed by atoms with van der Waals surface area (Å²) in [4.78, 5) is 0. The van der Waals surface area contributed by atoms with Crippen LogP contribution in [0.2, 0.25) is 5.02 Å². The fraction of sp³-hybridized carbons (Fsp3) is 0.538. The maximum Gasteiger partial charge on any atom is 0.126 e. The summed E-state index contributed by atoms with van der Waals surface area (Å²) >= 11 is 5.89. The average molecular weight is 273 g/mol. The van der Waals surface area contributed by atoms with E-state index in [4.69, 9.17) is 22.2 Å². The molecule has 0 bridgehead atoms. The summed E-state index contributed by atoms with van der Waals surface area (Å²) in [6, 6.07) is 4.43. The fourth-order valence-electron chi connectivity index (χ4n) is 2.45. The van der Waals surface area contributed by atoms with Crippen LogP contribution in [0.25, 0.3) is 0 Å². The van der Waals surface area contributed by atoms with Gasteiger partial charge in [0.1, 0.15) is 5.82 Å². The molecule has 1 aromatic rings. The quantitative estimate of drug-likeness (QED) is 0.654. The third kappa shape index (κ3) is 2.83. The molecule has 5 heteroatoms. The van der Waals surface area contributed by atoms with Crippen molar-refractivity contribution in [1.29, 1.82) is 0 Å². The van der Waals surface area contributed by atoms with E-state index in [0.29, 0.717) is 17.0 Å². The minimum atomic E-state index is -0.344. The first-order valence-corrected chi connectivity index (χ1v) is 6.47. The Hall–Kier alpha value is -0.680. The Morgan fingerprint density at radius 3 is 3.00 bits per heavy atom. The first-order valence-electron chi connectivity index (χ1n) is 6.09. The molecule has 2 rings (SSSR count). The Balaban J connectivity index is 2.17. The number of halogens is 2. The van der Waals surface area contributed by atoms with Gasteiger partial charge in [0.2, 0.25) is 0 Å². The molecule has 1 heterocycles. The van der Waals surface area contributed by atoms with E-state index in [2.05, 4.69) is 5.43 Å². The van der Waals surface area contributed by atoms with E-state index in [-0.39, 0.29) is 17.5 Å². The molecule has 1 saturated heterocycles. The standard InChI is InChI=1S/C13H18ClFN2O/c1-13(5-2-6-18-13)12(17-16)8-9-7-10(14)3-4-11(9)15/h3-4,7,12,17H,2,5-6,8,16H2,1H3. The minimum Gasteiger partial charge on any atom is -0.374 e. The number of nitrogens with one attached hydrogen (secondary N) is 1. The van der Waals surface area contributed by atoms with Crippen molar-refractivity contribution in [2.75, 3.05) is 6.61 Å². The molecule has 3 nitrogen and oxygen atoms in total. The molecule has 100 valence electrons. The van der Waals surface area contributed by atoms with Crippen molar-refractivity contribution in [1.82, 2.24) is 5.43 Å². The maximum absolute atomic E-state index is 13.7. The van der Waals surface area contributed by atoms with Gasteiger partial charge in [-0.15, -0.1) is 0 Å². The lowest BCUT2D eigenvalue weighted by molar-refractivity contribution is -0.0116. The molecule has 2 unspecified atom stereocenters. The summed E-state index contributed by atoms with van der Waals surface area (Å²) in [6.07, 6.45) is 2.39. The summed E-state index contributed by atoms with van der Waals surface area (Å²) < 4.78 is 19.4. The van der Waals surface area contributed by atoms with Crippen molar-refractivity contribution in [2.24, 2.45) is 5.84 Å². The van der Waals surface area contributed by atoms with Gasteiger partial charge in [-0.1, -0.05) is 11.6 Å². The number of benzene rings is 1. The summed E-state index contributed by atoms with van der Waals surface area (Å²) in [6.45, 7) is 2.74. The van der Waals surface area contributed by atoms with Crippen LogP contribution in [0, 0.1) is 5.82 Å². The van der Waals surface area contributed by atoms with Gasteiger partial charge in [0.25, 0.3) is 0 Å². The normalized spacial score (nSPS) is 25.3. The van der Waals surface area contributed by atoms with Crippen LogP contribution in [0.4, 0.5) is 4.39 Å². The van der Waals surface area contributed by atoms with Crippen LogP contribution in [0.1, 0.15) is 25.3 Å². The van der Waals surface area contributed by atoms with Crippen LogP contribution < -0.4 is 11.3 Å². The van der Waals surface area contributed by atoms with E-state index in [1.54, 1.807) is 12.1 Å². The Morgan fingerprint density at radius 2 is 2.39 bits per heavy atom. The molecule has 3 N–H and O–H groups in total. The Morgan fingerprint density at radius 1 is 1.61 bits per heavy atom. The van der Waals surface area contributed by atoms with E-state index in [9.17, 15) is 4.39 Å². The van der Waals surface area contributed by atoms with Crippen LogP contribution in [0.15, 0.2) is 18.2 Å². The number of nitrogens with two attached hydrogens (primary N) is 1. The van der Waals surface area contributed by atoms with Crippen molar-refractivity contribution >= 4 is 11.6 Å². The average Bonchev–Trinajstić information content (AvgIpc) is 2.78. The smallest absolute Gasteiger partial charge is 0.126 e. The van der Waals surface area contributed by atoms with Crippen molar-refractivity contribution in [3.05, 3.63) is 34.6 Å². The van der Waals surface area contributed by atoms with Crippen molar-refractivity contribution < 1.29 is 9.13 Å². The summed E-state index contributed by atoms with van der Waals surface area (Å²) in [5.74, 6) is 5.33. The van der Waals surface area contributed by atoms with Crippen LogP contribution in [0.3, 0.4) is 0 Å². The number of hydrazine groups is 1. The molecule has 0 spiro atoms. The molecule has 1 aromatic carbocycles. The molecule has 0 aromatic heterocycles. The highest BCUT2D eigenvalue weighted by atomic mass is 35.5. The van der Waals surface area contributed by atoms with Gasteiger partial charge < -0.3 is 4.74 Å². The zero-order valence-corrected chi connectivity index (χ0v) is 11.1. The predicted octanol–water partition coefficient (Wildman–Crippen LogP) is 2.42. The van der Waals surface area contributed by atoms with E-state index in [1.165, 1.54) is 6.07 Å². The topological polar surface area (TPSA) is 47.3 Å². The fourth-order valence-corrected chi connectivity index (χ4v) is 2.64. The second kappa shape index (κ2) is 5.53. The van der Waals surface area contributed by atoms with Crippen molar-refractivity contribution in [2.45, 2.75) is 37.8 Å². The van der Waals surface area contributed by atoms with Gasteiger partial charge in [-0.2, -0.15) is 0 Å². The van der Waals surface area contributed by atoms with Crippen LogP contribution in [0.5, 0.6) is 0 Å². The Labute approximate surface area is 111 Å². The van der Waals surface area contributed by atoms with Crippen LogP contribution in [-0.4, -0.2) is 18.2 Å². The molecular weight excluding hydrogens is 255 g/mol. The summed E-state index contributed by atoms with van der Waals surface area (Å²) in [7, 11) is 0. The van der Waals surface area contributed by atoms with Gasteiger partial charge in [0.05, 0.1) is 11.6 Å². The molecule has 2 atom stereocenters. The molecule has 0 saturated carbocycles. The minimum absolute atomic E-state index is 0.132. The lowest BCUT2D eigenvalue weighted by Gasteiger charge is -2.33. The SMILES string of the molecule is CC1(C(Cc2cc(Cl)ccc2F)NN)CCCO1. The largest absolute Gasteiger partial charge is 0.374 e. The molecule has 18 heavy (non-hydrogen) atoms. The van der Waals surface area contributed by atoms with Crippen molar-refractivity contribution in [3.8, 4) is 0 Å². The monoisotopic (exact) mass is 272 g/mol. The van der Waals surface area contributed by atoms with E-state index in [1.807, 2.05) is 6.92 Å². The molecule has 1 aliphatic rings. The van der Waals surface area contributed by atoms with Crippen LogP contribution in [-0.2, 0) is 11.2 Å². The second-order valence-electron chi connectivity index (χ2n) is 4.92. The zero-order valence-electron chi connectivity index (χ0n) is 10.4. The third-order valence-electron chi connectivity index (χ3n) is 3.62. The first kappa shape index (κ1) is 13.7. The predicted molar refractivity (Wildman–Crippen MR) is 69.8 cm³/mol. The molecule has 0 radical (unpaired) electrons. The van der Waals surface area contributed by atoms with E-state index >= 15 is 0 Å². The number of hydrogen-bond acceptors (Lipinski definition) is 3. The molecule has 1 aliphatic heterocycles. The highest BCUT2D eigenvalue weighted by Crippen LogP contribution is 2.30. The van der Waals surface area contributed by atoms with E-state index < -0.39 is 0 Å². The molecule has 0 amide bonds. The van der Waals surface area contributed by atoms with Crippen molar-refractivity contribution in [3.63, 3.8) is 0 Å². The second-order valence-corrected chi connectivity index (χ2v) is 5.36. The maximum atomic E-state index is 13.7. The third-order valence-corrected chi connectivity index (χ3v) is 3.85. The first-order chi connectivity index (χ1) is 8.55. The van der Waals surface area contributed by atoms with Gasteiger partial charge in [0, 0.05) is 11.6 Å². The number of hydrogen-bond donors (Lipinski definition) is 2. The highest BCUT2D eigenvalue weighted by Gasteiger charge is 2.38. The zero-order chi connectivity index (χ0) is 13.2. The van der Waals surface area contributed by atoms with Gasteiger partial charge >= 0.3 is 0 Å². The number of ether oxygens (including phenoxy) is 1. The van der Waals surface area contributed by atoms with Gasteiger partial charge in [-0.3, -0.25) is 11.3 Å². The highest BCUT2D eigenvalue weighted by molar-refractivity contribution is 6.30. The van der Waals surface area contributed by atoms with Crippen LogP contribution >= 0.6 is 11.6 Å². The van der Waals surface area contributed by atoms with Gasteiger partial charge in [-0.25, -0.2) is 4.39 Å². The van der Waals surface area contributed by atoms with E-state index in [0.717, 1.165) is 19.4 Å².